The third-order valence-electron chi connectivity index (χ3n) is 2.50. The predicted molar refractivity (Wildman–Crippen MR) is 82.4 cm³/mol. The highest BCUT2D eigenvalue weighted by Gasteiger charge is 2.14. The van der Waals surface area contributed by atoms with Crippen molar-refractivity contribution in [3.05, 3.63) is 57.0 Å². The summed E-state index contributed by atoms with van der Waals surface area (Å²) in [7, 11) is -1.33. The molecule has 0 amide bonds. The maximum absolute atomic E-state index is 12.3. The van der Waals surface area contributed by atoms with Crippen LogP contribution in [0.5, 0.6) is 0 Å². The molecule has 0 spiro atoms. The van der Waals surface area contributed by atoms with Gasteiger partial charge in [0.2, 0.25) is 0 Å². The number of hydrogen-bond donors (Lipinski definition) is 1. The van der Waals surface area contributed by atoms with E-state index in [0.29, 0.717) is 25.7 Å². The van der Waals surface area contributed by atoms with Crippen LogP contribution in [0.3, 0.4) is 0 Å². The fourth-order valence-electron chi connectivity index (χ4n) is 1.61. The Morgan fingerprint density at radius 3 is 2.21 bits per heavy atom. The highest BCUT2D eigenvalue weighted by Crippen LogP contribution is 2.29. The van der Waals surface area contributed by atoms with Gasteiger partial charge in [-0.2, -0.15) is 0 Å². The lowest BCUT2D eigenvalue weighted by Gasteiger charge is -2.08. The zero-order chi connectivity index (χ0) is 14.0. The molecular weight excluding hydrogens is 325 g/mol. The van der Waals surface area contributed by atoms with E-state index in [-0.39, 0.29) is 5.75 Å². The van der Waals surface area contributed by atoms with E-state index in [4.69, 9.17) is 40.5 Å². The van der Waals surface area contributed by atoms with Gasteiger partial charge in [-0.15, -0.1) is 0 Å². The Kier molecular flexibility index (Phi) is 4.74. The zero-order valence-electron chi connectivity index (χ0n) is 9.70. The van der Waals surface area contributed by atoms with E-state index in [9.17, 15) is 4.21 Å². The molecule has 1 atom stereocenters. The minimum Gasteiger partial charge on any atom is -0.398 e. The fourth-order valence-corrected chi connectivity index (χ4v) is 3.84. The van der Waals surface area contributed by atoms with E-state index in [2.05, 4.69) is 0 Å². The molecule has 0 radical (unpaired) electrons. The van der Waals surface area contributed by atoms with Gasteiger partial charge in [0, 0.05) is 0 Å². The number of halogens is 3. The van der Waals surface area contributed by atoms with Gasteiger partial charge in [-0.1, -0.05) is 46.9 Å². The maximum atomic E-state index is 12.3. The summed E-state index contributed by atoms with van der Waals surface area (Å²) in [6.45, 7) is 0. The minimum absolute atomic E-state index is 0.283. The second kappa shape index (κ2) is 6.14. The highest BCUT2D eigenvalue weighted by molar-refractivity contribution is 7.84. The van der Waals surface area contributed by atoms with Crippen LogP contribution < -0.4 is 5.73 Å². The van der Waals surface area contributed by atoms with Gasteiger partial charge < -0.3 is 5.73 Å². The van der Waals surface area contributed by atoms with Crippen molar-refractivity contribution in [2.24, 2.45) is 0 Å². The van der Waals surface area contributed by atoms with Crippen LogP contribution in [0.2, 0.25) is 15.1 Å². The van der Waals surface area contributed by atoms with Crippen molar-refractivity contribution in [3.8, 4) is 0 Å². The van der Waals surface area contributed by atoms with Crippen LogP contribution in [0, 0.1) is 0 Å². The number of nitrogen functional groups attached to an aromatic ring is 1. The SMILES string of the molecule is Nc1cc(CS(=O)c2c(Cl)cccc2Cl)ccc1Cl. The zero-order valence-corrected chi connectivity index (χ0v) is 12.8. The van der Waals surface area contributed by atoms with Crippen molar-refractivity contribution in [1.29, 1.82) is 0 Å². The van der Waals surface area contributed by atoms with Crippen LogP contribution in [0.1, 0.15) is 5.56 Å². The van der Waals surface area contributed by atoms with Gasteiger partial charge in [0.15, 0.2) is 0 Å². The van der Waals surface area contributed by atoms with Gasteiger partial charge in [-0.3, -0.25) is 4.21 Å². The summed E-state index contributed by atoms with van der Waals surface area (Å²) in [5.74, 6) is 0.283. The second-order valence-electron chi connectivity index (χ2n) is 3.90. The highest BCUT2D eigenvalue weighted by atomic mass is 35.5. The first-order valence-corrected chi connectivity index (χ1v) is 7.80. The second-order valence-corrected chi connectivity index (χ2v) is 6.51. The quantitative estimate of drug-likeness (QED) is 0.838. The lowest BCUT2D eigenvalue weighted by molar-refractivity contribution is 0.682. The minimum atomic E-state index is -1.33. The van der Waals surface area contributed by atoms with Crippen molar-refractivity contribution in [2.75, 3.05) is 5.73 Å². The van der Waals surface area contributed by atoms with E-state index in [0.717, 1.165) is 5.56 Å². The van der Waals surface area contributed by atoms with Gasteiger partial charge in [0.1, 0.15) is 0 Å². The van der Waals surface area contributed by atoms with Crippen LogP contribution >= 0.6 is 34.8 Å². The number of rotatable bonds is 3. The lowest BCUT2D eigenvalue weighted by Crippen LogP contribution is -1.99. The summed E-state index contributed by atoms with van der Waals surface area (Å²) in [6, 6.07) is 10.2. The average Bonchev–Trinajstić information content (AvgIpc) is 2.33. The Labute approximate surface area is 128 Å². The monoisotopic (exact) mass is 333 g/mol. The van der Waals surface area contributed by atoms with Crippen molar-refractivity contribution >= 4 is 51.3 Å². The van der Waals surface area contributed by atoms with Crippen LogP contribution in [-0.2, 0) is 16.6 Å². The molecule has 0 saturated carbocycles. The summed E-state index contributed by atoms with van der Waals surface area (Å²) in [6.07, 6.45) is 0. The summed E-state index contributed by atoms with van der Waals surface area (Å²) in [5.41, 5.74) is 6.99. The summed E-state index contributed by atoms with van der Waals surface area (Å²) in [5, 5.41) is 1.27. The largest absolute Gasteiger partial charge is 0.398 e. The molecule has 0 bridgehead atoms. The molecule has 1 unspecified atom stereocenters. The Morgan fingerprint density at radius 1 is 1.00 bits per heavy atom. The van der Waals surface area contributed by atoms with Gasteiger partial charge in [-0.25, -0.2) is 0 Å². The molecule has 2 rings (SSSR count). The molecule has 6 heteroatoms. The molecule has 2 nitrogen and oxygen atoms in total. The molecule has 0 aliphatic heterocycles. The first-order chi connectivity index (χ1) is 8.99. The Morgan fingerprint density at radius 2 is 1.63 bits per heavy atom. The van der Waals surface area contributed by atoms with Crippen molar-refractivity contribution in [2.45, 2.75) is 10.6 Å². The summed E-state index contributed by atoms with van der Waals surface area (Å²) in [4.78, 5) is 0.444. The van der Waals surface area contributed by atoms with E-state index >= 15 is 0 Å². The smallest absolute Gasteiger partial charge is 0.0763 e. The fraction of sp³-hybridized carbons (Fsp3) is 0.0769. The number of benzene rings is 2. The van der Waals surface area contributed by atoms with Crippen LogP contribution in [0.25, 0.3) is 0 Å². The summed E-state index contributed by atoms with van der Waals surface area (Å²) >= 11 is 17.9. The van der Waals surface area contributed by atoms with E-state index in [1.165, 1.54) is 0 Å². The molecule has 0 aliphatic rings. The number of hydrogen-bond acceptors (Lipinski definition) is 2. The molecule has 19 heavy (non-hydrogen) atoms. The molecule has 2 aromatic carbocycles. The van der Waals surface area contributed by atoms with E-state index < -0.39 is 10.8 Å². The molecule has 0 saturated heterocycles. The molecule has 100 valence electrons. The summed E-state index contributed by atoms with van der Waals surface area (Å²) < 4.78 is 12.3. The van der Waals surface area contributed by atoms with Crippen LogP contribution in [-0.4, -0.2) is 4.21 Å². The third kappa shape index (κ3) is 3.42. The number of nitrogens with two attached hydrogens (primary N) is 1. The van der Waals surface area contributed by atoms with Crippen molar-refractivity contribution in [1.82, 2.24) is 0 Å². The molecule has 2 N–H and O–H groups in total. The third-order valence-corrected chi connectivity index (χ3v) is 5.19. The molecule has 0 heterocycles. The topological polar surface area (TPSA) is 43.1 Å². The molecule has 2 aromatic rings. The first-order valence-electron chi connectivity index (χ1n) is 5.35. The van der Waals surface area contributed by atoms with Crippen molar-refractivity contribution in [3.63, 3.8) is 0 Å². The maximum Gasteiger partial charge on any atom is 0.0763 e. The van der Waals surface area contributed by atoms with Crippen LogP contribution in [0.4, 0.5) is 5.69 Å². The Bertz CT molecular complexity index is 626. The standard InChI is InChI=1S/C13H10Cl3NOS/c14-9-5-4-8(6-12(9)17)7-19(18)13-10(15)2-1-3-11(13)16/h1-6H,7,17H2. The lowest BCUT2D eigenvalue weighted by atomic mass is 10.2. The van der Waals surface area contributed by atoms with E-state index in [1.807, 2.05) is 0 Å². The molecule has 0 aliphatic carbocycles. The van der Waals surface area contributed by atoms with Gasteiger partial charge in [0.05, 0.1) is 42.2 Å². The predicted octanol–water partition coefficient (Wildman–Crippen LogP) is 4.54. The van der Waals surface area contributed by atoms with Crippen molar-refractivity contribution < 1.29 is 4.21 Å². The first kappa shape index (κ1) is 14.7. The Hall–Kier alpha value is -0.740. The van der Waals surface area contributed by atoms with Gasteiger partial charge >= 0.3 is 0 Å². The van der Waals surface area contributed by atoms with Gasteiger partial charge in [-0.05, 0) is 29.8 Å². The van der Waals surface area contributed by atoms with Gasteiger partial charge in [0.25, 0.3) is 0 Å². The Balaban J connectivity index is 2.28. The van der Waals surface area contributed by atoms with E-state index in [1.54, 1.807) is 36.4 Å². The molecular formula is C13H10Cl3NOS. The van der Waals surface area contributed by atoms with Crippen LogP contribution in [0.15, 0.2) is 41.3 Å². The molecule has 0 fully saturated rings. The molecule has 0 aromatic heterocycles. The average molecular weight is 335 g/mol. The normalized spacial score (nSPS) is 12.4. The number of anilines is 1.